The molecule has 0 saturated carbocycles. The monoisotopic (exact) mass is 365 g/mol. The fourth-order valence-corrected chi connectivity index (χ4v) is 2.38. The number of nitrogens with two attached hydrogens (primary N) is 1. The van der Waals surface area contributed by atoms with Gasteiger partial charge in [0, 0.05) is 0 Å². The lowest BCUT2D eigenvalue weighted by molar-refractivity contribution is -0.144. The van der Waals surface area contributed by atoms with E-state index in [1.165, 1.54) is 6.92 Å². The van der Waals surface area contributed by atoms with Gasteiger partial charge in [0.15, 0.2) is 0 Å². The van der Waals surface area contributed by atoms with Gasteiger partial charge in [-0.05, 0) is 24.8 Å². The number of hydrogen-bond acceptors (Lipinski definition) is 5. The average Bonchev–Trinajstić information content (AvgIpc) is 2.56. The number of amides is 2. The zero-order chi connectivity index (χ0) is 19.9. The van der Waals surface area contributed by atoms with Gasteiger partial charge in [-0.25, -0.2) is 4.79 Å². The maximum atomic E-state index is 12.3. The van der Waals surface area contributed by atoms with Gasteiger partial charge in [-0.2, -0.15) is 0 Å². The van der Waals surface area contributed by atoms with Crippen molar-refractivity contribution in [1.82, 2.24) is 10.6 Å². The minimum atomic E-state index is -1.30. The second-order valence-corrected chi connectivity index (χ2v) is 6.59. The Hall–Kier alpha value is -2.45. The largest absolute Gasteiger partial charge is 0.480 e. The van der Waals surface area contributed by atoms with E-state index in [0.717, 1.165) is 5.56 Å². The van der Waals surface area contributed by atoms with Gasteiger partial charge >= 0.3 is 5.97 Å². The first-order chi connectivity index (χ1) is 12.1. The number of nitrogens with one attached hydrogen (secondary N) is 2. The summed E-state index contributed by atoms with van der Waals surface area (Å²) >= 11 is 0. The predicted molar refractivity (Wildman–Crippen MR) is 96.1 cm³/mol. The summed E-state index contributed by atoms with van der Waals surface area (Å²) in [5, 5.41) is 23.7. The van der Waals surface area contributed by atoms with Crippen molar-refractivity contribution in [2.75, 3.05) is 0 Å². The van der Waals surface area contributed by atoms with Gasteiger partial charge in [-0.1, -0.05) is 44.2 Å². The summed E-state index contributed by atoms with van der Waals surface area (Å²) in [5.41, 5.74) is 6.74. The van der Waals surface area contributed by atoms with Crippen LogP contribution in [-0.2, 0) is 20.8 Å². The van der Waals surface area contributed by atoms with Gasteiger partial charge in [0.2, 0.25) is 11.8 Å². The van der Waals surface area contributed by atoms with E-state index in [2.05, 4.69) is 10.6 Å². The van der Waals surface area contributed by atoms with Crippen molar-refractivity contribution >= 4 is 17.8 Å². The maximum Gasteiger partial charge on any atom is 0.326 e. The molecule has 2 amide bonds. The van der Waals surface area contributed by atoms with Crippen LogP contribution in [0.3, 0.4) is 0 Å². The van der Waals surface area contributed by atoms with Crippen LogP contribution in [0.5, 0.6) is 0 Å². The van der Waals surface area contributed by atoms with Crippen molar-refractivity contribution in [1.29, 1.82) is 0 Å². The van der Waals surface area contributed by atoms with Crippen LogP contribution in [0.25, 0.3) is 0 Å². The molecule has 0 radical (unpaired) electrons. The molecule has 26 heavy (non-hydrogen) atoms. The number of aliphatic carboxylic acids is 1. The minimum Gasteiger partial charge on any atom is -0.480 e. The SMILES string of the molecule is CC(C)C(NC(=O)C(NC(=O)C(N)Cc1ccccc1)C(C)O)C(=O)O. The molecule has 0 saturated heterocycles. The molecule has 0 fully saturated rings. The number of aliphatic hydroxyl groups excluding tert-OH is 1. The highest BCUT2D eigenvalue weighted by molar-refractivity contribution is 5.92. The maximum absolute atomic E-state index is 12.3. The Bertz CT molecular complexity index is 619. The van der Waals surface area contributed by atoms with Gasteiger partial charge in [0.05, 0.1) is 12.1 Å². The number of carboxylic acids is 1. The molecule has 1 aromatic rings. The molecule has 144 valence electrons. The Labute approximate surface area is 152 Å². The van der Waals surface area contributed by atoms with E-state index in [0.29, 0.717) is 0 Å². The molecule has 8 heteroatoms. The fourth-order valence-electron chi connectivity index (χ4n) is 2.38. The summed E-state index contributed by atoms with van der Waals surface area (Å²) < 4.78 is 0. The standard InChI is InChI=1S/C18H27N3O5/c1-10(2)14(18(25)26)20-17(24)15(11(3)22)21-16(23)13(19)9-12-7-5-4-6-8-12/h4-8,10-11,13-15,22H,9,19H2,1-3H3,(H,20,24)(H,21,23)(H,25,26). The van der Waals surface area contributed by atoms with Crippen LogP contribution in [0.2, 0.25) is 0 Å². The average molecular weight is 365 g/mol. The zero-order valence-electron chi connectivity index (χ0n) is 15.2. The lowest BCUT2D eigenvalue weighted by atomic mass is 10.0. The molecule has 0 aromatic heterocycles. The van der Waals surface area contributed by atoms with Gasteiger partial charge in [-0.3, -0.25) is 9.59 Å². The second-order valence-electron chi connectivity index (χ2n) is 6.59. The molecule has 0 aliphatic rings. The highest BCUT2D eigenvalue weighted by atomic mass is 16.4. The molecule has 0 aliphatic heterocycles. The molecule has 1 aromatic carbocycles. The van der Waals surface area contributed by atoms with E-state index in [1.807, 2.05) is 30.3 Å². The molecule has 0 heterocycles. The van der Waals surface area contributed by atoms with Gasteiger partial charge < -0.3 is 26.6 Å². The Morgan fingerprint density at radius 1 is 1.00 bits per heavy atom. The summed E-state index contributed by atoms with van der Waals surface area (Å²) in [7, 11) is 0. The Morgan fingerprint density at radius 3 is 2.00 bits per heavy atom. The summed E-state index contributed by atoms with van der Waals surface area (Å²) in [4.78, 5) is 35.8. The van der Waals surface area contributed by atoms with E-state index < -0.39 is 42.0 Å². The van der Waals surface area contributed by atoms with Crippen LogP contribution >= 0.6 is 0 Å². The summed E-state index contributed by atoms with van der Waals surface area (Å²) in [5.74, 6) is -2.93. The van der Waals surface area contributed by atoms with Gasteiger partial charge in [0.25, 0.3) is 0 Å². The normalized spacial score (nSPS) is 15.6. The van der Waals surface area contributed by atoms with E-state index >= 15 is 0 Å². The van der Waals surface area contributed by atoms with E-state index in [1.54, 1.807) is 13.8 Å². The summed E-state index contributed by atoms with van der Waals surface area (Å²) in [6.45, 7) is 4.62. The molecule has 0 spiro atoms. The summed E-state index contributed by atoms with van der Waals surface area (Å²) in [6, 6.07) is 5.80. The Morgan fingerprint density at radius 2 is 1.54 bits per heavy atom. The van der Waals surface area contributed by atoms with Gasteiger partial charge in [0.1, 0.15) is 12.1 Å². The number of carboxylic acid groups (broad SMARTS) is 1. The molecule has 0 bridgehead atoms. The smallest absolute Gasteiger partial charge is 0.326 e. The minimum absolute atomic E-state index is 0.268. The zero-order valence-corrected chi connectivity index (χ0v) is 15.2. The van der Waals surface area contributed by atoms with Crippen LogP contribution in [0.15, 0.2) is 30.3 Å². The van der Waals surface area contributed by atoms with E-state index in [9.17, 15) is 19.5 Å². The first kappa shape index (κ1) is 21.6. The van der Waals surface area contributed by atoms with E-state index in [4.69, 9.17) is 10.8 Å². The van der Waals surface area contributed by atoms with Crippen LogP contribution in [0, 0.1) is 5.92 Å². The lowest BCUT2D eigenvalue weighted by Crippen LogP contribution is -2.59. The number of rotatable bonds is 9. The van der Waals surface area contributed by atoms with Crippen LogP contribution < -0.4 is 16.4 Å². The molecule has 4 unspecified atom stereocenters. The van der Waals surface area contributed by atoms with Crippen molar-refractivity contribution in [3.05, 3.63) is 35.9 Å². The van der Waals surface area contributed by atoms with Crippen LogP contribution in [0.1, 0.15) is 26.3 Å². The molecule has 0 aliphatic carbocycles. The number of carbonyl (C=O) groups is 3. The van der Waals surface area contributed by atoms with Gasteiger partial charge in [-0.15, -0.1) is 0 Å². The highest BCUT2D eigenvalue weighted by Gasteiger charge is 2.32. The second kappa shape index (κ2) is 9.88. The molecular formula is C18H27N3O5. The number of hydrogen-bond donors (Lipinski definition) is 5. The third kappa shape index (κ3) is 6.45. The third-order valence-corrected chi connectivity index (χ3v) is 3.93. The highest BCUT2D eigenvalue weighted by Crippen LogP contribution is 2.05. The third-order valence-electron chi connectivity index (χ3n) is 3.93. The Kier molecular flexibility index (Phi) is 8.21. The number of benzene rings is 1. The first-order valence-corrected chi connectivity index (χ1v) is 8.44. The molecule has 8 nitrogen and oxygen atoms in total. The molecule has 4 atom stereocenters. The van der Waals surface area contributed by atoms with Crippen molar-refractivity contribution in [3.63, 3.8) is 0 Å². The first-order valence-electron chi connectivity index (χ1n) is 8.44. The molecule has 1 rings (SSSR count). The molecule has 6 N–H and O–H groups in total. The molecular weight excluding hydrogens is 338 g/mol. The van der Waals surface area contributed by atoms with Crippen molar-refractivity contribution < 1.29 is 24.6 Å². The van der Waals surface area contributed by atoms with Crippen molar-refractivity contribution in [2.24, 2.45) is 11.7 Å². The topological polar surface area (TPSA) is 142 Å². The number of aliphatic hydroxyl groups is 1. The quantitative estimate of drug-likeness (QED) is 0.405. The fraction of sp³-hybridized carbons (Fsp3) is 0.500. The predicted octanol–water partition coefficient (Wildman–Crippen LogP) is -0.353. The Balaban J connectivity index is 2.75. The van der Waals surface area contributed by atoms with E-state index in [-0.39, 0.29) is 12.3 Å². The van der Waals surface area contributed by atoms with Crippen LogP contribution in [0.4, 0.5) is 0 Å². The number of carbonyl (C=O) groups excluding carboxylic acids is 2. The van der Waals surface area contributed by atoms with Crippen molar-refractivity contribution in [3.8, 4) is 0 Å². The lowest BCUT2D eigenvalue weighted by Gasteiger charge is -2.25. The van der Waals surface area contributed by atoms with Crippen molar-refractivity contribution in [2.45, 2.75) is 51.4 Å². The summed E-state index contributed by atoms with van der Waals surface area (Å²) in [6.07, 6.45) is -0.950. The van der Waals surface area contributed by atoms with Crippen LogP contribution in [-0.4, -0.2) is 52.2 Å².